The fourth-order valence-corrected chi connectivity index (χ4v) is 2.88. The average Bonchev–Trinajstić information content (AvgIpc) is 3.01. The van der Waals surface area contributed by atoms with Crippen molar-refractivity contribution in [3.63, 3.8) is 0 Å². The second kappa shape index (κ2) is 6.64. The molecule has 1 fully saturated rings. The van der Waals surface area contributed by atoms with Crippen LogP contribution in [0.15, 0.2) is 18.2 Å². The monoisotopic (exact) mass is 277 g/mol. The van der Waals surface area contributed by atoms with E-state index >= 15 is 0 Å². The van der Waals surface area contributed by atoms with Gasteiger partial charge in [0.1, 0.15) is 11.5 Å². The Bertz CT molecular complexity index is 445. The van der Waals surface area contributed by atoms with Gasteiger partial charge in [-0.3, -0.25) is 4.79 Å². The van der Waals surface area contributed by atoms with Gasteiger partial charge in [0.05, 0.1) is 14.2 Å². The molecule has 1 aliphatic carbocycles. The zero-order chi connectivity index (χ0) is 14.5. The summed E-state index contributed by atoms with van der Waals surface area (Å²) in [6, 6.07) is 5.72. The Kier molecular flexibility index (Phi) is 4.88. The molecule has 110 valence electrons. The predicted octanol–water partition coefficient (Wildman–Crippen LogP) is 3.11. The number of ether oxygens (including phenoxy) is 2. The van der Waals surface area contributed by atoms with Gasteiger partial charge in [0.2, 0.25) is 0 Å². The lowest BCUT2D eigenvalue weighted by molar-refractivity contribution is 0.0693. The van der Waals surface area contributed by atoms with Crippen molar-refractivity contribution in [2.75, 3.05) is 20.8 Å². The second-order valence-corrected chi connectivity index (χ2v) is 5.13. The lowest BCUT2D eigenvalue weighted by Crippen LogP contribution is -2.38. The van der Waals surface area contributed by atoms with Gasteiger partial charge in [0.15, 0.2) is 0 Å². The molecule has 4 nitrogen and oxygen atoms in total. The van der Waals surface area contributed by atoms with E-state index in [1.165, 1.54) is 12.8 Å². The molecule has 1 aromatic rings. The molecule has 1 aliphatic rings. The van der Waals surface area contributed by atoms with Gasteiger partial charge in [-0.2, -0.15) is 0 Å². The van der Waals surface area contributed by atoms with Gasteiger partial charge in [-0.15, -0.1) is 0 Å². The van der Waals surface area contributed by atoms with Crippen molar-refractivity contribution in [3.05, 3.63) is 23.8 Å². The zero-order valence-corrected chi connectivity index (χ0v) is 12.5. The third kappa shape index (κ3) is 3.06. The van der Waals surface area contributed by atoms with Gasteiger partial charge < -0.3 is 14.4 Å². The van der Waals surface area contributed by atoms with Gasteiger partial charge in [-0.1, -0.05) is 12.8 Å². The number of benzene rings is 1. The molecule has 2 rings (SSSR count). The molecule has 4 heteroatoms. The molecular weight excluding hydrogens is 254 g/mol. The van der Waals surface area contributed by atoms with Crippen LogP contribution >= 0.6 is 0 Å². The molecule has 20 heavy (non-hydrogen) atoms. The number of carbonyl (C=O) groups excluding carboxylic acids is 1. The zero-order valence-electron chi connectivity index (χ0n) is 12.5. The first kappa shape index (κ1) is 14.7. The van der Waals surface area contributed by atoms with Crippen LogP contribution < -0.4 is 9.47 Å². The van der Waals surface area contributed by atoms with E-state index in [4.69, 9.17) is 9.47 Å². The number of hydrogen-bond donors (Lipinski definition) is 0. The minimum absolute atomic E-state index is 0.0663. The first-order valence-electron chi connectivity index (χ1n) is 7.23. The maximum Gasteiger partial charge on any atom is 0.254 e. The van der Waals surface area contributed by atoms with E-state index in [1.807, 2.05) is 11.8 Å². The Hall–Kier alpha value is -1.71. The summed E-state index contributed by atoms with van der Waals surface area (Å²) in [5.74, 6) is 1.36. The van der Waals surface area contributed by atoms with Crippen LogP contribution in [0.1, 0.15) is 43.0 Å². The normalized spacial score (nSPS) is 15.2. The largest absolute Gasteiger partial charge is 0.497 e. The molecule has 0 unspecified atom stereocenters. The van der Waals surface area contributed by atoms with Crippen molar-refractivity contribution in [1.82, 2.24) is 4.90 Å². The molecule has 0 aromatic heterocycles. The van der Waals surface area contributed by atoms with Crippen LogP contribution in [0, 0.1) is 0 Å². The maximum atomic E-state index is 12.7. The Morgan fingerprint density at radius 2 is 1.70 bits per heavy atom. The Labute approximate surface area is 120 Å². The molecule has 0 N–H and O–H groups in total. The minimum Gasteiger partial charge on any atom is -0.497 e. The molecule has 0 heterocycles. The van der Waals surface area contributed by atoms with Crippen LogP contribution in [0.4, 0.5) is 0 Å². The summed E-state index contributed by atoms with van der Waals surface area (Å²) in [5, 5.41) is 0. The quantitative estimate of drug-likeness (QED) is 0.830. The van der Waals surface area contributed by atoms with Gasteiger partial charge in [-0.05, 0) is 31.9 Å². The van der Waals surface area contributed by atoms with E-state index in [2.05, 4.69) is 0 Å². The smallest absolute Gasteiger partial charge is 0.254 e. The number of nitrogens with zero attached hydrogens (tertiary/aromatic N) is 1. The number of carbonyl (C=O) groups is 1. The molecule has 1 aromatic carbocycles. The van der Waals surface area contributed by atoms with E-state index in [0.717, 1.165) is 19.4 Å². The fourth-order valence-electron chi connectivity index (χ4n) is 2.88. The number of rotatable bonds is 5. The summed E-state index contributed by atoms with van der Waals surface area (Å²) < 4.78 is 10.5. The summed E-state index contributed by atoms with van der Waals surface area (Å²) in [5.41, 5.74) is 0.634. The van der Waals surface area contributed by atoms with Crippen molar-refractivity contribution >= 4 is 5.91 Å². The molecular formula is C16H23NO3. The van der Waals surface area contributed by atoms with Gasteiger partial charge in [0.25, 0.3) is 5.91 Å². The molecule has 1 amide bonds. The van der Waals surface area contributed by atoms with E-state index in [0.29, 0.717) is 23.1 Å². The highest BCUT2D eigenvalue weighted by atomic mass is 16.5. The van der Waals surface area contributed by atoms with Crippen molar-refractivity contribution in [1.29, 1.82) is 0 Å². The maximum absolute atomic E-state index is 12.7. The lowest BCUT2D eigenvalue weighted by Gasteiger charge is -2.28. The number of amides is 1. The van der Waals surface area contributed by atoms with Gasteiger partial charge in [0, 0.05) is 24.2 Å². The average molecular weight is 277 g/mol. The molecule has 0 spiro atoms. The minimum atomic E-state index is 0.0663. The standard InChI is InChI=1S/C16H23NO3/c1-4-17(13-7-5-6-8-13)16(18)12-9-14(19-2)11-15(10-12)20-3/h9-11,13H,4-8H2,1-3H3. The van der Waals surface area contributed by atoms with Gasteiger partial charge in [-0.25, -0.2) is 0 Å². The van der Waals surface area contributed by atoms with Gasteiger partial charge >= 0.3 is 0 Å². The molecule has 0 aliphatic heterocycles. The predicted molar refractivity (Wildman–Crippen MR) is 78.5 cm³/mol. The van der Waals surface area contributed by atoms with Crippen molar-refractivity contribution < 1.29 is 14.3 Å². The third-order valence-electron chi connectivity index (χ3n) is 3.97. The first-order valence-corrected chi connectivity index (χ1v) is 7.23. The SMILES string of the molecule is CCN(C(=O)c1cc(OC)cc(OC)c1)C1CCCC1. The summed E-state index contributed by atoms with van der Waals surface area (Å²) in [6.45, 7) is 2.77. The van der Waals surface area contributed by atoms with E-state index in [9.17, 15) is 4.79 Å². The van der Waals surface area contributed by atoms with Crippen molar-refractivity contribution in [2.45, 2.75) is 38.6 Å². The van der Waals surface area contributed by atoms with E-state index < -0.39 is 0 Å². The fraction of sp³-hybridized carbons (Fsp3) is 0.562. The summed E-state index contributed by atoms with van der Waals surface area (Å²) in [7, 11) is 3.19. The van der Waals surface area contributed by atoms with E-state index in [1.54, 1.807) is 32.4 Å². The topological polar surface area (TPSA) is 38.8 Å². The number of hydrogen-bond acceptors (Lipinski definition) is 3. The van der Waals surface area contributed by atoms with Crippen molar-refractivity contribution in [2.24, 2.45) is 0 Å². The molecule has 1 saturated carbocycles. The van der Waals surface area contributed by atoms with Crippen molar-refractivity contribution in [3.8, 4) is 11.5 Å². The Morgan fingerprint density at radius 1 is 1.15 bits per heavy atom. The van der Waals surface area contributed by atoms with Crippen LogP contribution in [0.5, 0.6) is 11.5 Å². The molecule has 0 saturated heterocycles. The third-order valence-corrected chi connectivity index (χ3v) is 3.97. The summed E-state index contributed by atoms with van der Waals surface area (Å²) in [6.07, 6.45) is 4.66. The second-order valence-electron chi connectivity index (χ2n) is 5.13. The van der Waals surface area contributed by atoms with Crippen LogP contribution in [0.25, 0.3) is 0 Å². The van der Waals surface area contributed by atoms with Crippen LogP contribution in [-0.2, 0) is 0 Å². The highest BCUT2D eigenvalue weighted by Crippen LogP contribution is 2.27. The van der Waals surface area contributed by atoms with E-state index in [-0.39, 0.29) is 5.91 Å². The highest BCUT2D eigenvalue weighted by Gasteiger charge is 2.26. The van der Waals surface area contributed by atoms with Crippen LogP contribution in [-0.4, -0.2) is 37.6 Å². The lowest BCUT2D eigenvalue weighted by atomic mass is 10.1. The summed E-state index contributed by atoms with van der Waals surface area (Å²) in [4.78, 5) is 14.7. The van der Waals surface area contributed by atoms with Crippen LogP contribution in [0.2, 0.25) is 0 Å². The number of methoxy groups -OCH3 is 2. The molecule has 0 bridgehead atoms. The molecule has 0 radical (unpaired) electrons. The highest BCUT2D eigenvalue weighted by molar-refractivity contribution is 5.95. The summed E-state index contributed by atoms with van der Waals surface area (Å²) >= 11 is 0. The molecule has 0 atom stereocenters. The van der Waals surface area contributed by atoms with Crippen LogP contribution in [0.3, 0.4) is 0 Å². The Balaban J connectivity index is 2.26. The Morgan fingerprint density at radius 3 is 2.15 bits per heavy atom. The first-order chi connectivity index (χ1) is 9.69.